The van der Waals surface area contributed by atoms with Gasteiger partial charge in [-0.1, -0.05) is 6.07 Å². The van der Waals surface area contributed by atoms with Gasteiger partial charge in [-0.2, -0.15) is 10.2 Å². The van der Waals surface area contributed by atoms with Gasteiger partial charge in [0.05, 0.1) is 0 Å². The summed E-state index contributed by atoms with van der Waals surface area (Å²) in [6.07, 6.45) is 0. The van der Waals surface area contributed by atoms with Crippen LogP contribution in [-0.2, 0) is 7.05 Å². The first-order chi connectivity index (χ1) is 12.0. The van der Waals surface area contributed by atoms with Crippen LogP contribution in [0.25, 0.3) is 11.1 Å². The minimum absolute atomic E-state index is 0.214. The van der Waals surface area contributed by atoms with Gasteiger partial charge in [0, 0.05) is 24.0 Å². The average molecular weight is 339 g/mol. The minimum Gasteiger partial charge on any atom is -0.454 e. The van der Waals surface area contributed by atoms with Crippen molar-refractivity contribution in [3.63, 3.8) is 0 Å². The SMILES string of the molecule is Cc1[nH]nc(NC(=O)c2cc(C)n(C)n2)c1-c1ccc2c(c1)OCO2. The van der Waals surface area contributed by atoms with Crippen LogP contribution in [0.3, 0.4) is 0 Å². The Bertz CT molecular complexity index is 953. The standard InChI is InChI=1S/C17H17N5O3/c1-9-6-12(21-22(9)3)17(23)18-16-15(10(2)19-20-16)11-4-5-13-14(7-11)25-8-24-13/h4-7H,8H2,1-3H3,(H2,18,19,20,23). The van der Waals surface area contributed by atoms with E-state index in [4.69, 9.17) is 9.47 Å². The van der Waals surface area contributed by atoms with Crippen molar-refractivity contribution in [3.8, 4) is 22.6 Å². The summed E-state index contributed by atoms with van der Waals surface area (Å²) in [4.78, 5) is 12.5. The monoisotopic (exact) mass is 339 g/mol. The molecule has 1 amide bonds. The number of aryl methyl sites for hydroxylation is 3. The fraction of sp³-hybridized carbons (Fsp3) is 0.235. The van der Waals surface area contributed by atoms with Gasteiger partial charge in [0.1, 0.15) is 0 Å². The summed E-state index contributed by atoms with van der Waals surface area (Å²) in [6.45, 7) is 4.00. The second-order valence-corrected chi connectivity index (χ2v) is 5.89. The van der Waals surface area contributed by atoms with Crippen LogP contribution in [0.5, 0.6) is 11.5 Å². The molecule has 128 valence electrons. The molecule has 8 heteroatoms. The van der Waals surface area contributed by atoms with Crippen LogP contribution in [0.1, 0.15) is 21.9 Å². The number of aromatic nitrogens is 4. The van der Waals surface area contributed by atoms with Crippen molar-refractivity contribution in [1.82, 2.24) is 20.0 Å². The summed E-state index contributed by atoms with van der Waals surface area (Å²) in [5.74, 6) is 1.53. The van der Waals surface area contributed by atoms with E-state index in [1.165, 1.54) is 0 Å². The summed E-state index contributed by atoms with van der Waals surface area (Å²) in [5.41, 5.74) is 3.77. The molecule has 2 aromatic heterocycles. The zero-order valence-corrected chi connectivity index (χ0v) is 14.1. The predicted octanol–water partition coefficient (Wildman–Crippen LogP) is 2.41. The molecule has 1 aromatic carbocycles. The van der Waals surface area contributed by atoms with E-state index in [1.807, 2.05) is 32.0 Å². The number of amides is 1. The van der Waals surface area contributed by atoms with Gasteiger partial charge in [0.25, 0.3) is 5.91 Å². The van der Waals surface area contributed by atoms with Crippen LogP contribution in [0, 0.1) is 13.8 Å². The average Bonchev–Trinajstić information content (AvgIpc) is 3.27. The number of ether oxygens (including phenoxy) is 2. The molecule has 25 heavy (non-hydrogen) atoms. The molecule has 0 atom stereocenters. The number of hydrogen-bond donors (Lipinski definition) is 2. The molecule has 8 nitrogen and oxygen atoms in total. The normalized spacial score (nSPS) is 12.4. The van der Waals surface area contributed by atoms with Crippen LogP contribution in [0.4, 0.5) is 5.82 Å². The van der Waals surface area contributed by atoms with Crippen molar-refractivity contribution >= 4 is 11.7 Å². The lowest BCUT2D eigenvalue weighted by atomic mass is 10.1. The molecule has 2 N–H and O–H groups in total. The highest BCUT2D eigenvalue weighted by atomic mass is 16.7. The lowest BCUT2D eigenvalue weighted by Crippen LogP contribution is -2.14. The molecule has 0 radical (unpaired) electrons. The largest absolute Gasteiger partial charge is 0.454 e. The van der Waals surface area contributed by atoms with Gasteiger partial charge in [0.15, 0.2) is 23.0 Å². The van der Waals surface area contributed by atoms with E-state index in [-0.39, 0.29) is 12.7 Å². The molecule has 1 aliphatic rings. The summed E-state index contributed by atoms with van der Waals surface area (Å²) in [5, 5.41) is 14.1. The topological polar surface area (TPSA) is 94.1 Å². The fourth-order valence-corrected chi connectivity index (χ4v) is 2.77. The number of fused-ring (bicyclic) bond motifs is 1. The molecule has 3 heterocycles. The van der Waals surface area contributed by atoms with Gasteiger partial charge in [-0.15, -0.1) is 0 Å². The third-order valence-corrected chi connectivity index (χ3v) is 4.19. The molecule has 0 saturated heterocycles. The number of anilines is 1. The number of H-pyrrole nitrogens is 1. The number of carbonyl (C=O) groups excluding carboxylic acids is 1. The lowest BCUT2D eigenvalue weighted by molar-refractivity contribution is 0.102. The fourth-order valence-electron chi connectivity index (χ4n) is 2.77. The Hall–Kier alpha value is -3.29. The van der Waals surface area contributed by atoms with Crippen LogP contribution >= 0.6 is 0 Å². The second kappa shape index (κ2) is 5.66. The maximum atomic E-state index is 12.5. The number of rotatable bonds is 3. The first-order valence-corrected chi connectivity index (χ1v) is 7.80. The van der Waals surface area contributed by atoms with E-state index in [1.54, 1.807) is 17.8 Å². The summed E-state index contributed by atoms with van der Waals surface area (Å²) in [7, 11) is 1.79. The predicted molar refractivity (Wildman–Crippen MR) is 90.8 cm³/mol. The molecular weight excluding hydrogens is 322 g/mol. The van der Waals surface area contributed by atoms with Gasteiger partial charge in [-0.3, -0.25) is 14.6 Å². The van der Waals surface area contributed by atoms with Gasteiger partial charge in [-0.25, -0.2) is 0 Å². The van der Waals surface area contributed by atoms with Crippen molar-refractivity contribution < 1.29 is 14.3 Å². The molecule has 3 aromatic rings. The molecule has 0 saturated carbocycles. The van der Waals surface area contributed by atoms with Crippen LogP contribution in [0.2, 0.25) is 0 Å². The third-order valence-electron chi connectivity index (χ3n) is 4.19. The van der Waals surface area contributed by atoms with E-state index >= 15 is 0 Å². The summed E-state index contributed by atoms with van der Waals surface area (Å²) < 4.78 is 12.4. The third kappa shape index (κ3) is 2.61. The maximum Gasteiger partial charge on any atom is 0.277 e. The van der Waals surface area contributed by atoms with Crippen molar-refractivity contribution in [2.24, 2.45) is 7.05 Å². The van der Waals surface area contributed by atoms with Crippen LogP contribution < -0.4 is 14.8 Å². The van der Waals surface area contributed by atoms with Gasteiger partial charge < -0.3 is 14.8 Å². The molecule has 1 aliphatic heterocycles. The lowest BCUT2D eigenvalue weighted by Gasteiger charge is -2.06. The Morgan fingerprint density at radius 1 is 1.24 bits per heavy atom. The molecule has 0 unspecified atom stereocenters. The molecular formula is C17H17N5O3. The van der Waals surface area contributed by atoms with Crippen molar-refractivity contribution in [3.05, 3.63) is 41.3 Å². The zero-order valence-electron chi connectivity index (χ0n) is 14.1. The Morgan fingerprint density at radius 3 is 2.80 bits per heavy atom. The Morgan fingerprint density at radius 2 is 2.04 bits per heavy atom. The highest BCUT2D eigenvalue weighted by Gasteiger charge is 2.20. The smallest absolute Gasteiger partial charge is 0.277 e. The van der Waals surface area contributed by atoms with Crippen molar-refractivity contribution in [2.75, 3.05) is 12.1 Å². The number of nitrogens with zero attached hydrogens (tertiary/aromatic N) is 3. The van der Waals surface area contributed by atoms with Gasteiger partial charge in [-0.05, 0) is 37.6 Å². The van der Waals surface area contributed by atoms with E-state index in [0.29, 0.717) is 23.0 Å². The number of benzene rings is 1. The number of carbonyl (C=O) groups is 1. The van der Waals surface area contributed by atoms with Gasteiger partial charge >= 0.3 is 0 Å². The zero-order chi connectivity index (χ0) is 17.6. The van der Waals surface area contributed by atoms with Crippen LogP contribution in [0.15, 0.2) is 24.3 Å². The van der Waals surface area contributed by atoms with Crippen molar-refractivity contribution in [2.45, 2.75) is 13.8 Å². The second-order valence-electron chi connectivity index (χ2n) is 5.89. The van der Waals surface area contributed by atoms with Gasteiger partial charge in [0.2, 0.25) is 6.79 Å². The number of hydrogen-bond acceptors (Lipinski definition) is 5. The summed E-state index contributed by atoms with van der Waals surface area (Å²) >= 11 is 0. The maximum absolute atomic E-state index is 12.5. The van der Waals surface area contributed by atoms with Crippen molar-refractivity contribution in [1.29, 1.82) is 0 Å². The highest BCUT2D eigenvalue weighted by molar-refractivity contribution is 6.04. The minimum atomic E-state index is -0.308. The Balaban J connectivity index is 1.67. The van der Waals surface area contributed by atoms with E-state index < -0.39 is 0 Å². The first-order valence-electron chi connectivity index (χ1n) is 7.80. The molecule has 0 spiro atoms. The van der Waals surface area contributed by atoms with E-state index in [2.05, 4.69) is 20.6 Å². The van der Waals surface area contributed by atoms with E-state index in [9.17, 15) is 4.79 Å². The molecule has 0 fully saturated rings. The molecule has 0 aliphatic carbocycles. The number of nitrogens with one attached hydrogen (secondary N) is 2. The highest BCUT2D eigenvalue weighted by Crippen LogP contribution is 2.38. The Labute approximate surface area is 143 Å². The quantitative estimate of drug-likeness (QED) is 0.764. The summed E-state index contributed by atoms with van der Waals surface area (Å²) in [6, 6.07) is 7.36. The molecule has 0 bridgehead atoms. The van der Waals surface area contributed by atoms with E-state index in [0.717, 1.165) is 22.5 Å². The first kappa shape index (κ1) is 15.3. The Kier molecular flexibility index (Phi) is 3.45. The molecule has 4 rings (SSSR count). The van der Waals surface area contributed by atoms with Crippen LogP contribution in [-0.4, -0.2) is 32.7 Å². The number of aromatic amines is 1.